The predicted molar refractivity (Wildman–Crippen MR) is 133 cm³/mol. The Bertz CT molecular complexity index is 1420. The van der Waals surface area contributed by atoms with Gasteiger partial charge in [0.05, 0.1) is 0 Å². The summed E-state index contributed by atoms with van der Waals surface area (Å²) in [6.45, 7) is 1.79. The summed E-state index contributed by atoms with van der Waals surface area (Å²) < 4.78 is 10.5. The van der Waals surface area contributed by atoms with E-state index >= 15 is 0 Å². The molecule has 0 fully saturated rings. The van der Waals surface area contributed by atoms with Crippen molar-refractivity contribution in [3.05, 3.63) is 118 Å². The molecule has 0 amide bonds. The minimum Gasteiger partial charge on any atom is -0.462 e. The van der Waals surface area contributed by atoms with E-state index in [1.165, 1.54) is 6.07 Å². The van der Waals surface area contributed by atoms with Crippen LogP contribution in [0, 0.1) is 22.7 Å². The summed E-state index contributed by atoms with van der Waals surface area (Å²) in [5.74, 6) is 1.24. The van der Waals surface area contributed by atoms with Gasteiger partial charge in [0.15, 0.2) is 0 Å². The van der Waals surface area contributed by atoms with Gasteiger partial charge in [-0.25, -0.2) is 4.79 Å². The van der Waals surface area contributed by atoms with Crippen molar-refractivity contribution < 1.29 is 9.15 Å². The average Bonchev–Trinajstić information content (AvgIpc) is 2.84. The number of rotatable bonds is 3. The van der Waals surface area contributed by atoms with Crippen molar-refractivity contribution in [2.75, 3.05) is 19.0 Å². The molecule has 34 heavy (non-hydrogen) atoms. The van der Waals surface area contributed by atoms with Crippen LogP contribution in [0.4, 0.5) is 5.69 Å². The van der Waals surface area contributed by atoms with Crippen LogP contribution in [0.2, 0.25) is 0 Å². The van der Waals surface area contributed by atoms with Crippen LogP contribution in [0.15, 0.2) is 111 Å². The van der Waals surface area contributed by atoms with Gasteiger partial charge in [-0.15, -0.1) is 0 Å². The topological polar surface area (TPSA) is 90.3 Å². The average molecular weight is 450 g/mol. The molecule has 1 aliphatic rings. The van der Waals surface area contributed by atoms with Crippen molar-refractivity contribution in [1.82, 2.24) is 0 Å². The molecule has 1 aromatic heterocycles. The summed E-state index contributed by atoms with van der Waals surface area (Å²) in [4.78, 5) is 12.8. The number of nitrogens with zero attached hydrogens (tertiary/aromatic N) is 3. The number of para-hydroxylation sites is 1. The van der Waals surface area contributed by atoms with Gasteiger partial charge in [-0.2, -0.15) is 10.5 Å². The quantitative estimate of drug-likeness (QED) is 0.375. The van der Waals surface area contributed by atoms with E-state index < -0.39 is 0 Å². The molecule has 2 aromatic carbocycles. The fourth-order valence-electron chi connectivity index (χ4n) is 3.11. The third kappa shape index (κ3) is 6.35. The van der Waals surface area contributed by atoms with Crippen molar-refractivity contribution in [3.63, 3.8) is 0 Å². The highest BCUT2D eigenvalue weighted by Crippen LogP contribution is 2.23. The van der Waals surface area contributed by atoms with Gasteiger partial charge >= 0.3 is 5.63 Å². The molecule has 0 atom stereocenters. The summed E-state index contributed by atoms with van der Waals surface area (Å²) in [5, 5.41) is 18.9. The fraction of sp³-hybridized carbons (Fsp3) is 0.107. The predicted octanol–water partition coefficient (Wildman–Crippen LogP) is 5.72. The molecule has 0 radical (unpaired) electrons. The first-order valence-corrected chi connectivity index (χ1v) is 10.5. The van der Waals surface area contributed by atoms with E-state index in [-0.39, 0.29) is 11.2 Å². The molecule has 0 saturated heterocycles. The third-order valence-electron chi connectivity index (χ3n) is 4.83. The van der Waals surface area contributed by atoms with Crippen molar-refractivity contribution in [1.29, 1.82) is 10.5 Å². The molecular formula is C28H23N3O3. The third-order valence-corrected chi connectivity index (χ3v) is 4.83. The summed E-state index contributed by atoms with van der Waals surface area (Å²) in [7, 11) is 3.99. The maximum Gasteiger partial charge on any atom is 0.336 e. The zero-order valence-electron chi connectivity index (χ0n) is 19.1. The lowest BCUT2D eigenvalue weighted by atomic mass is 10.1. The Labute approximate surface area is 198 Å². The molecule has 3 aromatic rings. The number of benzene rings is 2. The smallest absolute Gasteiger partial charge is 0.336 e. The van der Waals surface area contributed by atoms with Crippen LogP contribution in [-0.2, 0) is 4.74 Å². The van der Waals surface area contributed by atoms with E-state index in [0.29, 0.717) is 22.7 Å². The highest BCUT2D eigenvalue weighted by molar-refractivity contribution is 5.75. The first-order valence-electron chi connectivity index (χ1n) is 10.5. The minimum absolute atomic E-state index is 0.0777. The molecule has 4 rings (SSSR count). The molecule has 0 N–H and O–H groups in total. The van der Waals surface area contributed by atoms with Gasteiger partial charge in [0.1, 0.15) is 34.8 Å². The Balaban J connectivity index is 0.000000243. The number of anilines is 1. The minimum atomic E-state index is -0.302. The second-order valence-electron chi connectivity index (χ2n) is 7.57. The normalized spacial score (nSPS) is 12.4. The monoisotopic (exact) mass is 449 g/mol. The molecule has 0 spiro atoms. The number of hydrogen-bond donors (Lipinski definition) is 0. The Morgan fingerprint density at radius 2 is 1.62 bits per heavy atom. The summed E-state index contributed by atoms with van der Waals surface area (Å²) in [5.41, 5.74) is 3.16. The van der Waals surface area contributed by atoms with Gasteiger partial charge in [0.25, 0.3) is 0 Å². The molecule has 2 heterocycles. The zero-order valence-corrected chi connectivity index (χ0v) is 19.1. The highest BCUT2D eigenvalue weighted by Gasteiger charge is 2.10. The Morgan fingerprint density at radius 1 is 0.912 bits per heavy atom. The maximum absolute atomic E-state index is 10.7. The maximum atomic E-state index is 10.7. The van der Waals surface area contributed by atoms with Crippen LogP contribution in [0.1, 0.15) is 12.5 Å². The lowest BCUT2D eigenvalue weighted by Crippen LogP contribution is -2.07. The standard InChI is InChI=1S/C19H17N3O.C9H6O2/c1-14-10-16(17(12-20)13-21)11-19(23-14)9-6-15-4-7-18(8-5-15)22(2)3;10-9-6-5-7-3-1-2-4-8(7)11-9/h4-11H,1-3H3;1-6H. The highest BCUT2D eigenvalue weighted by atomic mass is 16.5. The molecule has 0 bridgehead atoms. The molecular weight excluding hydrogens is 426 g/mol. The van der Waals surface area contributed by atoms with Crippen LogP contribution in [0.3, 0.4) is 0 Å². The Hall–Kier alpha value is -4.81. The Kier molecular flexibility index (Phi) is 7.84. The van der Waals surface area contributed by atoms with Gasteiger partial charge in [0, 0.05) is 36.8 Å². The number of fused-ring (bicyclic) bond motifs is 1. The fourth-order valence-corrected chi connectivity index (χ4v) is 3.11. The number of nitriles is 2. The van der Waals surface area contributed by atoms with Crippen molar-refractivity contribution >= 4 is 22.7 Å². The second kappa shape index (κ2) is 11.2. The van der Waals surface area contributed by atoms with E-state index in [1.54, 1.807) is 31.2 Å². The van der Waals surface area contributed by atoms with Crippen molar-refractivity contribution in [2.45, 2.75) is 6.92 Å². The Morgan fingerprint density at radius 3 is 2.29 bits per heavy atom. The van der Waals surface area contributed by atoms with Crippen molar-refractivity contribution in [2.24, 2.45) is 0 Å². The van der Waals surface area contributed by atoms with Crippen molar-refractivity contribution in [3.8, 4) is 12.1 Å². The molecule has 168 valence electrons. The molecule has 0 saturated carbocycles. The lowest BCUT2D eigenvalue weighted by molar-refractivity contribution is 0.318. The van der Waals surface area contributed by atoms with Crippen LogP contribution in [0.25, 0.3) is 17.0 Å². The summed E-state index contributed by atoms with van der Waals surface area (Å²) in [6, 6.07) is 22.5. The van der Waals surface area contributed by atoms with Gasteiger partial charge in [-0.3, -0.25) is 0 Å². The van der Waals surface area contributed by atoms with Crippen LogP contribution < -0.4 is 10.5 Å². The number of allylic oxidation sites excluding steroid dienone is 6. The van der Waals surface area contributed by atoms with Gasteiger partial charge in [-0.05, 0) is 55.0 Å². The first kappa shape index (κ1) is 23.8. The molecule has 6 nitrogen and oxygen atoms in total. The van der Waals surface area contributed by atoms with E-state index in [4.69, 9.17) is 19.7 Å². The molecule has 6 heteroatoms. The van der Waals surface area contributed by atoms with Gasteiger partial charge in [-0.1, -0.05) is 36.4 Å². The number of hydrogen-bond acceptors (Lipinski definition) is 6. The van der Waals surface area contributed by atoms with Crippen LogP contribution in [-0.4, -0.2) is 14.1 Å². The van der Waals surface area contributed by atoms with E-state index in [9.17, 15) is 4.79 Å². The molecule has 0 aliphatic carbocycles. The first-order chi connectivity index (χ1) is 16.4. The van der Waals surface area contributed by atoms with Crippen LogP contribution in [0.5, 0.6) is 0 Å². The largest absolute Gasteiger partial charge is 0.462 e. The van der Waals surface area contributed by atoms with E-state index in [2.05, 4.69) is 0 Å². The SMILES string of the molecule is CC1=CC(=C(C#N)C#N)C=C(C=Cc2ccc(N(C)C)cc2)O1.O=c1ccc2ccccc2o1. The second-order valence-corrected chi connectivity index (χ2v) is 7.57. The molecule has 1 aliphatic heterocycles. The zero-order chi connectivity index (χ0) is 24.5. The summed E-state index contributed by atoms with van der Waals surface area (Å²) in [6.07, 6.45) is 7.14. The van der Waals surface area contributed by atoms with E-state index in [1.807, 2.05) is 85.8 Å². The van der Waals surface area contributed by atoms with Gasteiger partial charge in [0.2, 0.25) is 0 Å². The van der Waals surface area contributed by atoms with Gasteiger partial charge < -0.3 is 14.1 Å². The lowest BCUT2D eigenvalue weighted by Gasteiger charge is -2.13. The number of ether oxygens (including phenoxy) is 1. The molecule has 0 unspecified atom stereocenters. The van der Waals surface area contributed by atoms with Crippen LogP contribution >= 0.6 is 0 Å². The summed E-state index contributed by atoms with van der Waals surface area (Å²) >= 11 is 0. The van der Waals surface area contributed by atoms with E-state index in [0.717, 1.165) is 16.6 Å².